The molecule has 0 aliphatic carbocycles. The number of carbonyl (C=O) groups is 3. The molecule has 0 radical (unpaired) electrons. The van der Waals surface area contributed by atoms with Crippen LogP contribution in [0.25, 0.3) is 0 Å². The van der Waals surface area contributed by atoms with Gasteiger partial charge in [0.15, 0.2) is 6.10 Å². The minimum Gasteiger partial charge on any atom is -0.462 e. The maximum Gasteiger partial charge on any atom is 0.333 e. The van der Waals surface area contributed by atoms with Gasteiger partial charge in [-0.15, -0.1) is 0 Å². The number of esters is 3. The lowest BCUT2D eigenvalue weighted by molar-refractivity contribution is -0.165. The average Bonchev–Trinajstić information content (AvgIpc) is 2.52. The van der Waals surface area contributed by atoms with E-state index in [4.69, 9.17) is 14.2 Å². The highest BCUT2D eigenvalue weighted by Crippen LogP contribution is 2.05. The van der Waals surface area contributed by atoms with Crippen LogP contribution in [0.3, 0.4) is 0 Å². The topological polar surface area (TPSA) is 78.9 Å². The van der Waals surface area contributed by atoms with Crippen LogP contribution in [-0.2, 0) is 28.6 Å². The summed E-state index contributed by atoms with van der Waals surface area (Å²) in [5.41, 5.74) is 0.251. The standard InChI is InChI=1S/C17H28O6/c1-5-7-9-15(18)21-11-14(12-22-17(20)13(3)4)23-16(19)10-8-6-2/h14H,3,5-12H2,1-2,4H3. The second kappa shape index (κ2) is 12.7. The fourth-order valence-electron chi connectivity index (χ4n) is 1.55. The summed E-state index contributed by atoms with van der Waals surface area (Å²) in [6, 6.07) is 0. The van der Waals surface area contributed by atoms with Crippen LogP contribution >= 0.6 is 0 Å². The van der Waals surface area contributed by atoms with E-state index in [1.807, 2.05) is 13.8 Å². The van der Waals surface area contributed by atoms with Crippen LogP contribution in [0.4, 0.5) is 0 Å². The van der Waals surface area contributed by atoms with Crippen LogP contribution in [0.2, 0.25) is 0 Å². The molecule has 1 atom stereocenters. The van der Waals surface area contributed by atoms with Gasteiger partial charge in [-0.2, -0.15) is 0 Å². The molecule has 0 aliphatic rings. The Labute approximate surface area is 138 Å². The van der Waals surface area contributed by atoms with Crippen molar-refractivity contribution in [2.45, 2.75) is 65.4 Å². The molecule has 132 valence electrons. The number of unbranched alkanes of at least 4 members (excludes halogenated alkanes) is 2. The zero-order chi connectivity index (χ0) is 17.7. The molecule has 1 unspecified atom stereocenters. The Hall–Kier alpha value is -1.85. The van der Waals surface area contributed by atoms with E-state index in [1.165, 1.54) is 6.92 Å². The van der Waals surface area contributed by atoms with Crippen molar-refractivity contribution in [1.82, 2.24) is 0 Å². The van der Waals surface area contributed by atoms with Crippen LogP contribution < -0.4 is 0 Å². The molecule has 0 aliphatic heterocycles. The van der Waals surface area contributed by atoms with E-state index in [9.17, 15) is 14.4 Å². The molecular weight excluding hydrogens is 300 g/mol. The van der Waals surface area contributed by atoms with Crippen molar-refractivity contribution < 1.29 is 28.6 Å². The fraction of sp³-hybridized carbons (Fsp3) is 0.706. The predicted molar refractivity (Wildman–Crippen MR) is 85.7 cm³/mol. The van der Waals surface area contributed by atoms with Crippen LogP contribution in [0.1, 0.15) is 59.3 Å². The molecule has 0 aromatic carbocycles. The first-order valence-corrected chi connectivity index (χ1v) is 8.08. The highest BCUT2D eigenvalue weighted by molar-refractivity contribution is 5.86. The lowest BCUT2D eigenvalue weighted by Crippen LogP contribution is -2.31. The Morgan fingerprint density at radius 3 is 1.96 bits per heavy atom. The van der Waals surface area contributed by atoms with E-state index < -0.39 is 18.0 Å². The van der Waals surface area contributed by atoms with E-state index in [0.717, 1.165) is 19.3 Å². The van der Waals surface area contributed by atoms with Crippen LogP contribution in [0.5, 0.6) is 0 Å². The molecule has 0 saturated heterocycles. The summed E-state index contributed by atoms with van der Waals surface area (Å²) in [6.45, 7) is 8.66. The Bertz CT molecular complexity index is 402. The van der Waals surface area contributed by atoms with E-state index in [-0.39, 0.29) is 31.2 Å². The molecule has 0 fully saturated rings. The molecule has 6 nitrogen and oxygen atoms in total. The zero-order valence-corrected chi connectivity index (χ0v) is 14.4. The maximum absolute atomic E-state index is 11.7. The normalized spacial score (nSPS) is 11.4. The molecule has 0 saturated carbocycles. The number of carbonyl (C=O) groups excluding carboxylic acids is 3. The van der Waals surface area contributed by atoms with Gasteiger partial charge in [0.05, 0.1) is 0 Å². The zero-order valence-electron chi connectivity index (χ0n) is 14.4. The van der Waals surface area contributed by atoms with Gasteiger partial charge in [0.2, 0.25) is 0 Å². The summed E-state index contributed by atoms with van der Waals surface area (Å²) < 4.78 is 15.3. The highest BCUT2D eigenvalue weighted by Gasteiger charge is 2.19. The van der Waals surface area contributed by atoms with E-state index in [2.05, 4.69) is 6.58 Å². The summed E-state index contributed by atoms with van der Waals surface area (Å²) >= 11 is 0. The third kappa shape index (κ3) is 11.4. The molecule has 0 amide bonds. The number of hydrogen-bond donors (Lipinski definition) is 0. The van der Waals surface area contributed by atoms with Crippen molar-refractivity contribution in [2.24, 2.45) is 0 Å². The summed E-state index contributed by atoms with van der Waals surface area (Å²) in [5, 5.41) is 0. The molecule has 0 bridgehead atoms. The van der Waals surface area contributed by atoms with Crippen molar-refractivity contribution in [3.8, 4) is 0 Å². The summed E-state index contributed by atoms with van der Waals surface area (Å²) in [5.74, 6) is -1.32. The van der Waals surface area contributed by atoms with Gasteiger partial charge < -0.3 is 14.2 Å². The van der Waals surface area contributed by atoms with Crippen LogP contribution in [0, 0.1) is 0 Å². The monoisotopic (exact) mass is 328 g/mol. The van der Waals surface area contributed by atoms with Crippen LogP contribution in [0.15, 0.2) is 12.2 Å². The molecule has 6 heteroatoms. The summed E-state index contributed by atoms with van der Waals surface area (Å²) in [7, 11) is 0. The quantitative estimate of drug-likeness (QED) is 0.311. The van der Waals surface area contributed by atoms with Crippen molar-refractivity contribution in [3.63, 3.8) is 0 Å². The smallest absolute Gasteiger partial charge is 0.333 e. The third-order valence-corrected chi connectivity index (χ3v) is 2.95. The number of hydrogen-bond acceptors (Lipinski definition) is 6. The fourth-order valence-corrected chi connectivity index (χ4v) is 1.55. The molecule has 0 N–H and O–H groups in total. The summed E-state index contributed by atoms with van der Waals surface area (Å²) in [6.07, 6.45) is 3.02. The SMILES string of the molecule is C=C(C)C(=O)OCC(COC(=O)CCCC)OC(=O)CCCC. The van der Waals surface area contributed by atoms with Crippen molar-refractivity contribution >= 4 is 17.9 Å². The molecule has 0 rings (SSSR count). The molecular formula is C17H28O6. The Kier molecular flexibility index (Phi) is 11.7. The molecule has 23 heavy (non-hydrogen) atoms. The van der Waals surface area contributed by atoms with E-state index in [0.29, 0.717) is 12.8 Å². The first kappa shape index (κ1) is 21.1. The summed E-state index contributed by atoms with van der Waals surface area (Å²) in [4.78, 5) is 34.6. The Morgan fingerprint density at radius 2 is 1.43 bits per heavy atom. The highest BCUT2D eigenvalue weighted by atomic mass is 16.6. The minimum atomic E-state index is -0.798. The maximum atomic E-state index is 11.7. The van der Waals surface area contributed by atoms with Gasteiger partial charge in [0.25, 0.3) is 0 Å². The second-order valence-electron chi connectivity index (χ2n) is 5.38. The predicted octanol–water partition coefficient (Wildman–Crippen LogP) is 2.94. The van der Waals surface area contributed by atoms with E-state index >= 15 is 0 Å². The molecule has 0 aromatic heterocycles. The molecule has 0 heterocycles. The average molecular weight is 328 g/mol. The van der Waals surface area contributed by atoms with Gasteiger partial charge >= 0.3 is 17.9 Å². The van der Waals surface area contributed by atoms with Gasteiger partial charge in [0, 0.05) is 18.4 Å². The Balaban J connectivity index is 4.41. The van der Waals surface area contributed by atoms with Gasteiger partial charge in [0.1, 0.15) is 13.2 Å². The van der Waals surface area contributed by atoms with Gasteiger partial charge in [-0.05, 0) is 19.8 Å². The molecule has 0 spiro atoms. The van der Waals surface area contributed by atoms with Gasteiger partial charge in [-0.1, -0.05) is 33.3 Å². The van der Waals surface area contributed by atoms with Gasteiger partial charge in [-0.25, -0.2) is 4.79 Å². The van der Waals surface area contributed by atoms with Crippen molar-refractivity contribution in [1.29, 1.82) is 0 Å². The first-order chi connectivity index (χ1) is 10.9. The largest absolute Gasteiger partial charge is 0.462 e. The number of rotatable bonds is 12. The first-order valence-electron chi connectivity index (χ1n) is 8.08. The minimum absolute atomic E-state index is 0.121. The molecule has 0 aromatic rings. The van der Waals surface area contributed by atoms with Crippen molar-refractivity contribution in [2.75, 3.05) is 13.2 Å². The lowest BCUT2D eigenvalue weighted by atomic mass is 10.2. The third-order valence-electron chi connectivity index (χ3n) is 2.95. The second-order valence-corrected chi connectivity index (χ2v) is 5.38. The number of ether oxygens (including phenoxy) is 3. The lowest BCUT2D eigenvalue weighted by Gasteiger charge is -2.18. The Morgan fingerprint density at radius 1 is 0.913 bits per heavy atom. The van der Waals surface area contributed by atoms with E-state index in [1.54, 1.807) is 0 Å². The van der Waals surface area contributed by atoms with Gasteiger partial charge in [-0.3, -0.25) is 9.59 Å². The van der Waals surface area contributed by atoms with Crippen LogP contribution in [-0.4, -0.2) is 37.2 Å². The van der Waals surface area contributed by atoms with Crippen molar-refractivity contribution in [3.05, 3.63) is 12.2 Å².